The Morgan fingerprint density at radius 1 is 0.352 bits per heavy atom. The third kappa shape index (κ3) is 26.3. The standard InChI is InChI=1S/C17H20.C16H18OP.S10.S9/c1-12-5-13(2)8-16(7-12)11-17-9-14(3)6-15(4)10-17;1-11-5-12(2)8-15(7-11)18(17)16-9-13(3)6-14(4)10-16;1-3-5-7-9-10-8-6-4-2;1-3-5-7-9-8-6-4-2/h5-10H,11H2,1-4H3;5-10H,1-4H3;;/q;+1;;. The van der Waals surface area contributed by atoms with E-state index >= 15 is 0 Å². The summed E-state index contributed by atoms with van der Waals surface area (Å²) in [7, 11) is 22.1. The van der Waals surface area contributed by atoms with E-state index < -0.39 is 7.80 Å². The molecule has 0 aliphatic rings. The number of hydrogen-bond donors (Lipinski definition) is 0. The third-order valence-electron chi connectivity index (χ3n) is 6.21. The maximum atomic E-state index is 12.6. The molecule has 4 aromatic rings. The van der Waals surface area contributed by atoms with Crippen molar-refractivity contribution in [1.29, 1.82) is 0 Å². The molecule has 1 nitrogen and oxygen atoms in total. The van der Waals surface area contributed by atoms with E-state index in [1.807, 2.05) is 52.0 Å². The molecule has 0 saturated carbocycles. The molecule has 0 N–H and O–H groups in total. The molecule has 0 amide bonds. The zero-order valence-electron chi connectivity index (χ0n) is 30.2. The van der Waals surface area contributed by atoms with E-state index in [0.717, 1.165) is 39.3 Å². The molecule has 4 aromatic carbocycles. The number of aryl methyl sites for hydroxylation is 8. The van der Waals surface area contributed by atoms with Crippen molar-refractivity contribution in [2.45, 2.75) is 61.8 Å². The summed E-state index contributed by atoms with van der Waals surface area (Å²) in [6.45, 7) is 16.8. The van der Waals surface area contributed by atoms with Gasteiger partial charge in [0.1, 0.15) is 0 Å². The van der Waals surface area contributed by atoms with Crippen LogP contribution in [0.25, 0.3) is 0 Å². The largest absolute Gasteiger partial charge is 0.415 e. The second-order valence-corrected chi connectivity index (χ2v) is 39.3. The Hall–Kier alpha value is 1.16. The van der Waals surface area contributed by atoms with Crippen molar-refractivity contribution >= 4 is 196 Å². The molecular weight excluding hydrogens is 1050 g/mol. The van der Waals surface area contributed by atoms with Gasteiger partial charge in [-0.15, -0.1) is 0 Å². The molecular formula is C33H38OPS19+. The normalized spacial score (nSPS) is 9.19. The summed E-state index contributed by atoms with van der Waals surface area (Å²) in [5.74, 6) is 0. The van der Waals surface area contributed by atoms with Gasteiger partial charge >= 0.3 is 7.80 Å². The van der Waals surface area contributed by atoms with Crippen molar-refractivity contribution in [3.63, 3.8) is 0 Å². The Balaban J connectivity index is 0.000000377. The highest BCUT2D eigenvalue weighted by Crippen LogP contribution is 2.22. The molecule has 0 aliphatic carbocycles. The molecule has 0 atom stereocenters. The van der Waals surface area contributed by atoms with Crippen molar-refractivity contribution in [2.75, 3.05) is 0 Å². The molecule has 0 radical (unpaired) electrons. The Labute approximate surface area is 385 Å². The summed E-state index contributed by atoms with van der Waals surface area (Å²) in [6, 6.07) is 25.9. The van der Waals surface area contributed by atoms with E-state index in [9.17, 15) is 4.57 Å². The van der Waals surface area contributed by atoms with Crippen LogP contribution in [0.5, 0.6) is 0 Å². The van der Waals surface area contributed by atoms with Crippen molar-refractivity contribution in [3.05, 3.63) is 128 Å². The van der Waals surface area contributed by atoms with Gasteiger partial charge in [0.2, 0.25) is 0 Å². The lowest BCUT2D eigenvalue weighted by atomic mass is 9.98. The minimum atomic E-state index is -1.49. The number of rotatable bonds is 4. The van der Waals surface area contributed by atoms with Crippen LogP contribution in [0.4, 0.5) is 0 Å². The van der Waals surface area contributed by atoms with Crippen LogP contribution in [0, 0.1) is 55.4 Å². The molecule has 0 aliphatic heterocycles. The van der Waals surface area contributed by atoms with Gasteiger partial charge in [-0.05, 0) is 119 Å². The van der Waals surface area contributed by atoms with Crippen LogP contribution < -0.4 is 10.6 Å². The quantitative estimate of drug-likeness (QED) is 0.192. The average molecular weight is 1090 g/mol. The minimum absolute atomic E-state index is 0.924. The highest BCUT2D eigenvalue weighted by molar-refractivity contribution is 8.73. The average Bonchev–Trinajstić information content (AvgIpc) is 3.09. The van der Waals surface area contributed by atoms with Gasteiger partial charge < -0.3 is 0 Å². The van der Waals surface area contributed by atoms with Gasteiger partial charge in [-0.1, -0.05) is 75.3 Å². The predicted octanol–water partition coefficient (Wildman–Crippen LogP) is 8.16. The minimum Gasteiger partial charge on any atom is -0.0613 e. The second-order valence-electron chi connectivity index (χ2n) is 11.2. The zero-order valence-corrected chi connectivity index (χ0v) is 46.7. The fraction of sp³-hybridized carbons (Fsp3) is 0.273. The fourth-order valence-electron chi connectivity index (χ4n) is 4.99. The van der Waals surface area contributed by atoms with Crippen LogP contribution in [-0.2, 0) is 189 Å². The lowest BCUT2D eigenvalue weighted by Crippen LogP contribution is -2.08. The first-order valence-corrected chi connectivity index (χ1v) is 39.0. The van der Waals surface area contributed by atoms with Crippen LogP contribution in [-0.4, -0.2) is 0 Å². The van der Waals surface area contributed by atoms with Crippen molar-refractivity contribution in [3.8, 4) is 0 Å². The topological polar surface area (TPSA) is 17.1 Å². The first kappa shape index (κ1) is 53.2. The zero-order chi connectivity index (χ0) is 40.3. The predicted molar refractivity (Wildman–Crippen MR) is 293 cm³/mol. The van der Waals surface area contributed by atoms with Gasteiger partial charge in [-0.3, -0.25) is 0 Å². The monoisotopic (exact) mass is 1090 g/mol. The van der Waals surface area contributed by atoms with Gasteiger partial charge in [0.15, 0.2) is 10.6 Å². The van der Waals surface area contributed by atoms with Crippen LogP contribution in [0.1, 0.15) is 55.6 Å². The summed E-state index contributed by atoms with van der Waals surface area (Å²) < 4.78 is 12.6. The lowest BCUT2D eigenvalue weighted by molar-refractivity contribution is 0.598. The molecule has 0 saturated heterocycles. The highest BCUT2D eigenvalue weighted by Gasteiger charge is 2.24. The Kier molecular flexibility index (Phi) is 32.4. The van der Waals surface area contributed by atoms with E-state index in [2.05, 4.69) is 121 Å². The van der Waals surface area contributed by atoms with E-state index in [-0.39, 0.29) is 0 Å². The molecule has 0 unspecified atom stereocenters. The van der Waals surface area contributed by atoms with Gasteiger partial charge in [0, 0.05) is 178 Å². The SMILES string of the molecule is Cc1cc(C)cc(Cc2cc(C)cc(C)c2)c1.Cc1cc(C)cc([P+](=O)c2cc(C)cc(C)c2)c1.S=S=S=S=S=S=S=S=S.S=S=S=S=S=S=S=S=S=S. The van der Waals surface area contributed by atoms with Crippen LogP contribution in [0.15, 0.2) is 72.8 Å². The van der Waals surface area contributed by atoms with Crippen molar-refractivity contribution < 1.29 is 4.57 Å². The summed E-state index contributed by atoms with van der Waals surface area (Å²) >= 11 is 18.6. The molecule has 0 bridgehead atoms. The smallest absolute Gasteiger partial charge is 0.0613 e. The fourth-order valence-corrected chi connectivity index (χ4v) is 36.8. The van der Waals surface area contributed by atoms with E-state index in [1.165, 1.54) is 68.9 Å². The summed E-state index contributed by atoms with van der Waals surface area (Å²) in [5.41, 5.74) is 12.9. The molecule has 0 fully saturated rings. The van der Waals surface area contributed by atoms with Gasteiger partial charge in [-0.2, -0.15) is 0 Å². The first-order valence-electron chi connectivity index (χ1n) is 15.1. The van der Waals surface area contributed by atoms with Gasteiger partial charge in [0.25, 0.3) is 0 Å². The summed E-state index contributed by atoms with van der Waals surface area (Å²) in [5, 5.41) is 1.85. The Morgan fingerprint density at radius 2 is 0.556 bits per heavy atom. The van der Waals surface area contributed by atoms with Crippen LogP contribution in [0.2, 0.25) is 0 Å². The van der Waals surface area contributed by atoms with E-state index in [4.69, 9.17) is 0 Å². The molecule has 21 heteroatoms. The van der Waals surface area contributed by atoms with E-state index in [1.54, 1.807) is 97.7 Å². The van der Waals surface area contributed by atoms with Gasteiger partial charge in [-0.25, -0.2) is 0 Å². The van der Waals surface area contributed by atoms with Crippen LogP contribution in [0.3, 0.4) is 0 Å². The number of benzene rings is 4. The third-order valence-corrected chi connectivity index (χ3v) is 36.6. The highest BCUT2D eigenvalue weighted by atomic mass is 33.4. The summed E-state index contributed by atoms with van der Waals surface area (Å²) in [4.78, 5) is 0. The molecule has 0 spiro atoms. The molecule has 0 aromatic heterocycles. The van der Waals surface area contributed by atoms with Crippen molar-refractivity contribution in [1.82, 2.24) is 0 Å². The summed E-state index contributed by atoms with van der Waals surface area (Å²) in [6.07, 6.45) is 1.03. The Morgan fingerprint density at radius 3 is 0.778 bits per heavy atom. The number of hydrogen-bond acceptors (Lipinski definition) is 5. The lowest BCUT2D eigenvalue weighted by Gasteiger charge is -2.07. The van der Waals surface area contributed by atoms with Crippen molar-refractivity contribution in [2.24, 2.45) is 0 Å². The molecule has 0 heterocycles. The van der Waals surface area contributed by atoms with Gasteiger partial charge in [0.05, 0.1) is 0 Å². The molecule has 294 valence electrons. The maximum Gasteiger partial charge on any atom is 0.415 e. The molecule has 54 heavy (non-hydrogen) atoms. The molecule has 4 rings (SSSR count). The Bertz CT molecular complexity index is 2360. The maximum absolute atomic E-state index is 12.6. The van der Waals surface area contributed by atoms with Crippen LogP contribution >= 0.6 is 7.80 Å². The second kappa shape index (κ2) is 32.9. The first-order chi connectivity index (χ1) is 25.8. The van der Waals surface area contributed by atoms with E-state index in [0.29, 0.717) is 0 Å².